The highest BCUT2D eigenvalue weighted by atomic mass is 32.2. The van der Waals surface area contributed by atoms with Crippen LogP contribution >= 0.6 is 11.8 Å². The average Bonchev–Trinajstić information content (AvgIpc) is 2.15. The maximum atomic E-state index is 10.7. The minimum absolute atomic E-state index is 1.01. The van der Waals surface area contributed by atoms with Crippen LogP contribution in [-0.4, -0.2) is 12.0 Å². The Kier molecular flexibility index (Phi) is 4.44. The van der Waals surface area contributed by atoms with E-state index in [-0.39, 0.29) is 0 Å². The van der Waals surface area contributed by atoms with Gasteiger partial charge in [0.15, 0.2) is 6.29 Å². The molecule has 0 radical (unpaired) electrons. The van der Waals surface area contributed by atoms with Gasteiger partial charge in [-0.3, -0.25) is 4.79 Å². The van der Waals surface area contributed by atoms with Crippen LogP contribution in [0.4, 0.5) is 0 Å². The Balaban J connectivity index is 2.61. The Morgan fingerprint density at radius 2 is 2.08 bits per heavy atom. The third-order valence-corrected chi connectivity index (χ3v) is 3.20. The number of allylic oxidation sites excluding steroid dienone is 2. The van der Waals surface area contributed by atoms with Gasteiger partial charge in [-0.2, -0.15) is 0 Å². The van der Waals surface area contributed by atoms with Crippen molar-refractivity contribution < 1.29 is 4.79 Å². The van der Waals surface area contributed by atoms with Gasteiger partial charge < -0.3 is 0 Å². The van der Waals surface area contributed by atoms with E-state index < -0.39 is 0 Å². The number of hydrogen-bond donors (Lipinski definition) is 0. The lowest BCUT2D eigenvalue weighted by molar-refractivity contribution is -0.104. The van der Waals surface area contributed by atoms with E-state index >= 15 is 0 Å². The average molecular weight is 184 g/mol. The Labute approximate surface area is 78.6 Å². The van der Waals surface area contributed by atoms with Crippen LogP contribution in [0.5, 0.6) is 0 Å². The number of thioether (sulfide) groups is 1. The van der Waals surface area contributed by atoms with E-state index in [1.54, 1.807) is 11.8 Å². The van der Waals surface area contributed by atoms with Gasteiger partial charge in [0.1, 0.15) is 0 Å². The molecule has 1 aliphatic rings. The van der Waals surface area contributed by atoms with E-state index in [2.05, 4.69) is 6.92 Å². The first-order chi connectivity index (χ1) is 5.88. The van der Waals surface area contributed by atoms with E-state index in [1.807, 2.05) is 0 Å². The lowest BCUT2D eigenvalue weighted by Gasteiger charge is -2.15. The van der Waals surface area contributed by atoms with Gasteiger partial charge in [0.25, 0.3) is 0 Å². The first-order valence-electron chi connectivity index (χ1n) is 4.68. The van der Waals surface area contributed by atoms with Crippen LogP contribution in [0.15, 0.2) is 10.5 Å². The highest BCUT2D eigenvalue weighted by Crippen LogP contribution is 2.29. The van der Waals surface area contributed by atoms with Gasteiger partial charge >= 0.3 is 0 Å². The lowest BCUT2D eigenvalue weighted by Crippen LogP contribution is -1.98. The summed E-state index contributed by atoms with van der Waals surface area (Å²) in [5.74, 6) is 1.01. The molecule has 0 atom stereocenters. The van der Waals surface area contributed by atoms with Crippen molar-refractivity contribution in [2.45, 2.75) is 39.0 Å². The van der Waals surface area contributed by atoms with E-state index in [4.69, 9.17) is 0 Å². The molecule has 1 nitrogen and oxygen atoms in total. The van der Waals surface area contributed by atoms with Crippen LogP contribution in [0, 0.1) is 0 Å². The van der Waals surface area contributed by atoms with Crippen molar-refractivity contribution in [3.63, 3.8) is 0 Å². The van der Waals surface area contributed by atoms with Crippen molar-refractivity contribution in [3.05, 3.63) is 10.5 Å². The molecule has 0 aromatic heterocycles. The van der Waals surface area contributed by atoms with Crippen molar-refractivity contribution >= 4 is 18.0 Å². The minimum atomic E-state index is 1.01. The summed E-state index contributed by atoms with van der Waals surface area (Å²) in [5, 5.41) is 0. The second-order valence-electron chi connectivity index (χ2n) is 3.08. The van der Waals surface area contributed by atoms with Crippen molar-refractivity contribution in [2.75, 3.05) is 5.75 Å². The fraction of sp³-hybridized carbons (Fsp3) is 0.700. The molecule has 1 fully saturated rings. The zero-order valence-electron chi connectivity index (χ0n) is 7.64. The van der Waals surface area contributed by atoms with Gasteiger partial charge in [-0.05, 0) is 31.4 Å². The monoisotopic (exact) mass is 184 g/mol. The molecule has 0 bridgehead atoms. The molecule has 1 saturated carbocycles. The first-order valence-corrected chi connectivity index (χ1v) is 5.67. The number of carbonyl (C=O) groups is 1. The van der Waals surface area contributed by atoms with Gasteiger partial charge in [0, 0.05) is 4.91 Å². The maximum Gasteiger partial charge on any atom is 0.156 e. The van der Waals surface area contributed by atoms with Crippen LogP contribution in [0.2, 0.25) is 0 Å². The molecule has 0 saturated heterocycles. The second-order valence-corrected chi connectivity index (χ2v) is 4.39. The topological polar surface area (TPSA) is 17.1 Å². The molecule has 12 heavy (non-hydrogen) atoms. The van der Waals surface area contributed by atoms with Crippen LogP contribution < -0.4 is 0 Å². The Morgan fingerprint density at radius 1 is 1.42 bits per heavy atom. The quantitative estimate of drug-likeness (QED) is 0.495. The summed E-state index contributed by atoms with van der Waals surface area (Å²) in [4.78, 5) is 11.7. The molecule has 0 aromatic rings. The summed E-state index contributed by atoms with van der Waals surface area (Å²) in [7, 11) is 0. The normalized spacial score (nSPS) is 17.6. The van der Waals surface area contributed by atoms with E-state index in [0.29, 0.717) is 0 Å². The van der Waals surface area contributed by atoms with Gasteiger partial charge in [-0.15, -0.1) is 11.8 Å². The SMILES string of the molecule is CCSC(C=O)=C1CCCCC1. The number of hydrogen-bond acceptors (Lipinski definition) is 2. The van der Waals surface area contributed by atoms with Gasteiger partial charge in [0.05, 0.1) is 0 Å². The lowest BCUT2D eigenvalue weighted by atomic mass is 9.95. The number of aldehydes is 1. The molecule has 0 N–H and O–H groups in total. The van der Waals surface area contributed by atoms with Crippen LogP contribution in [0.25, 0.3) is 0 Å². The molecule has 0 unspecified atom stereocenters. The van der Waals surface area contributed by atoms with Gasteiger partial charge in [0.2, 0.25) is 0 Å². The maximum absolute atomic E-state index is 10.7. The van der Waals surface area contributed by atoms with E-state index in [0.717, 1.165) is 29.8 Å². The summed E-state index contributed by atoms with van der Waals surface area (Å²) >= 11 is 1.69. The van der Waals surface area contributed by atoms with E-state index in [9.17, 15) is 4.79 Å². The molecule has 0 heterocycles. The van der Waals surface area contributed by atoms with Crippen molar-refractivity contribution in [2.24, 2.45) is 0 Å². The fourth-order valence-corrected chi connectivity index (χ4v) is 2.39. The predicted molar refractivity (Wildman–Crippen MR) is 54.3 cm³/mol. The predicted octanol–water partition coefficient (Wildman–Crippen LogP) is 3.16. The molecule has 0 amide bonds. The van der Waals surface area contributed by atoms with Gasteiger partial charge in [-0.25, -0.2) is 0 Å². The molecule has 0 spiro atoms. The molecular formula is C10H16OS. The van der Waals surface area contributed by atoms with Gasteiger partial charge in [-0.1, -0.05) is 18.9 Å². The second kappa shape index (κ2) is 5.41. The Bertz CT molecular complexity index is 176. The molecule has 2 heteroatoms. The number of carbonyl (C=O) groups excluding carboxylic acids is 1. The highest BCUT2D eigenvalue weighted by Gasteiger charge is 2.10. The zero-order valence-corrected chi connectivity index (χ0v) is 8.45. The molecule has 1 rings (SSSR count). The summed E-state index contributed by atoms with van der Waals surface area (Å²) in [6.45, 7) is 2.09. The van der Waals surface area contributed by atoms with Crippen molar-refractivity contribution in [1.82, 2.24) is 0 Å². The molecule has 0 aromatic carbocycles. The summed E-state index contributed by atoms with van der Waals surface area (Å²) < 4.78 is 0. The molecule has 0 aliphatic heterocycles. The third-order valence-electron chi connectivity index (χ3n) is 2.21. The minimum Gasteiger partial charge on any atom is -0.297 e. The third kappa shape index (κ3) is 2.67. The first kappa shape index (κ1) is 9.85. The Hall–Kier alpha value is -0.240. The van der Waals surface area contributed by atoms with Crippen LogP contribution in [0.3, 0.4) is 0 Å². The fourth-order valence-electron chi connectivity index (χ4n) is 1.60. The van der Waals surface area contributed by atoms with Crippen molar-refractivity contribution in [3.8, 4) is 0 Å². The van der Waals surface area contributed by atoms with Crippen molar-refractivity contribution in [1.29, 1.82) is 0 Å². The number of rotatable bonds is 3. The van der Waals surface area contributed by atoms with Crippen LogP contribution in [0.1, 0.15) is 39.0 Å². The highest BCUT2D eigenvalue weighted by molar-refractivity contribution is 8.03. The molecule has 68 valence electrons. The van der Waals surface area contributed by atoms with Crippen LogP contribution in [-0.2, 0) is 4.79 Å². The summed E-state index contributed by atoms with van der Waals surface area (Å²) in [5.41, 5.74) is 1.41. The molecule has 1 aliphatic carbocycles. The standard InChI is InChI=1S/C10H16OS/c1-2-12-10(8-11)9-6-4-3-5-7-9/h8H,2-7H2,1H3. The van der Waals surface area contributed by atoms with E-state index in [1.165, 1.54) is 24.8 Å². The summed E-state index contributed by atoms with van der Waals surface area (Å²) in [6, 6.07) is 0. The largest absolute Gasteiger partial charge is 0.297 e. The zero-order chi connectivity index (χ0) is 8.81. The molecular weight excluding hydrogens is 168 g/mol. The smallest absolute Gasteiger partial charge is 0.156 e. The summed E-state index contributed by atoms with van der Waals surface area (Å²) in [6.07, 6.45) is 7.23. The Morgan fingerprint density at radius 3 is 2.58 bits per heavy atom.